The third kappa shape index (κ3) is 4.19. The Balaban J connectivity index is 1.39. The summed E-state index contributed by atoms with van der Waals surface area (Å²) in [7, 11) is 0. The molecule has 0 saturated heterocycles. The molecule has 0 amide bonds. The van der Waals surface area contributed by atoms with Crippen molar-refractivity contribution in [1.29, 1.82) is 0 Å². The highest BCUT2D eigenvalue weighted by atomic mass is 16.3. The summed E-state index contributed by atoms with van der Waals surface area (Å²) in [5.74, 6) is 0.871. The molecule has 0 spiro atoms. The van der Waals surface area contributed by atoms with Crippen LogP contribution in [0.1, 0.15) is 12.7 Å². The molecule has 0 radical (unpaired) electrons. The maximum atomic E-state index is 8.88. The van der Waals surface area contributed by atoms with Crippen LogP contribution in [0, 0.1) is 6.92 Å². The number of hydrogen-bond donors (Lipinski definition) is 0. The second-order valence-electron chi connectivity index (χ2n) is 12.3. The average Bonchev–Trinajstić information content (AvgIpc) is 3.75. The van der Waals surface area contributed by atoms with E-state index >= 15 is 0 Å². The van der Waals surface area contributed by atoms with Crippen molar-refractivity contribution in [2.45, 2.75) is 6.92 Å². The molecule has 0 saturated carbocycles. The van der Waals surface area contributed by atoms with Gasteiger partial charge < -0.3 is 4.42 Å². The quantitative estimate of drug-likeness (QED) is 0.181. The first kappa shape index (κ1) is 23.0. The lowest BCUT2D eigenvalue weighted by atomic mass is 9.83. The molecule has 0 bridgehead atoms. The Kier molecular flexibility index (Phi) is 5.06. The number of imidazole rings is 1. The fraction of sp³-hybridized carbons (Fsp3) is 0.0217. The molecule has 0 aliphatic carbocycles. The Morgan fingerprint density at radius 1 is 0.551 bits per heavy atom. The highest BCUT2D eigenvalue weighted by molar-refractivity contribution is 6.26. The van der Waals surface area contributed by atoms with Crippen LogP contribution in [0.25, 0.3) is 93.6 Å². The van der Waals surface area contributed by atoms with Gasteiger partial charge >= 0.3 is 0 Å². The maximum absolute atomic E-state index is 8.88. The van der Waals surface area contributed by atoms with Gasteiger partial charge in [-0.1, -0.05) is 127 Å². The highest BCUT2D eigenvalue weighted by Crippen LogP contribution is 2.48. The van der Waals surface area contributed by atoms with Gasteiger partial charge in [0.15, 0.2) is 0 Å². The second-order valence-corrected chi connectivity index (χ2v) is 12.3. The van der Waals surface area contributed by atoms with Crippen molar-refractivity contribution in [2.75, 3.05) is 0 Å². The van der Waals surface area contributed by atoms with Crippen molar-refractivity contribution in [3.63, 3.8) is 0 Å². The Morgan fingerprint density at radius 2 is 1.20 bits per heavy atom. The van der Waals surface area contributed by atoms with Gasteiger partial charge in [0.2, 0.25) is 0 Å². The van der Waals surface area contributed by atoms with Crippen LogP contribution in [-0.2, 0) is 0 Å². The fourth-order valence-electron chi connectivity index (χ4n) is 7.62. The van der Waals surface area contributed by atoms with Gasteiger partial charge in [0.05, 0.1) is 23.6 Å². The Bertz CT molecular complexity index is 3170. The highest BCUT2D eigenvalue weighted by Gasteiger charge is 2.23. The van der Waals surface area contributed by atoms with Crippen LogP contribution in [0.15, 0.2) is 168 Å². The molecule has 3 heteroatoms. The molecule has 0 unspecified atom stereocenters. The minimum absolute atomic E-state index is 0.163. The molecule has 2 aromatic heterocycles. The van der Waals surface area contributed by atoms with E-state index in [2.05, 4.69) is 59.2 Å². The Morgan fingerprint density at radius 3 is 2.06 bits per heavy atom. The molecule has 10 rings (SSSR count). The molecular formula is C46H30N2O. The number of furan rings is 1. The van der Waals surface area contributed by atoms with Crippen LogP contribution < -0.4 is 0 Å². The van der Waals surface area contributed by atoms with Gasteiger partial charge in [-0.15, -0.1) is 0 Å². The molecule has 230 valence electrons. The number of hydrogen-bond acceptors (Lipinski definition) is 2. The molecule has 0 fully saturated rings. The molecule has 2 heterocycles. The Hall–Kier alpha value is -6.45. The minimum atomic E-state index is -0.416. The predicted octanol–water partition coefficient (Wildman–Crippen LogP) is 12.5. The molecule has 0 N–H and O–H groups in total. The van der Waals surface area contributed by atoms with E-state index in [4.69, 9.17) is 16.3 Å². The number of aryl methyl sites for hydroxylation is 1. The molecular weight excluding hydrogens is 597 g/mol. The second kappa shape index (κ2) is 10.8. The van der Waals surface area contributed by atoms with Crippen LogP contribution in [-0.4, -0.2) is 9.55 Å². The maximum Gasteiger partial charge on any atom is 0.136 e. The number of para-hydroxylation sites is 4. The number of rotatable bonds is 4. The van der Waals surface area contributed by atoms with E-state index in [0.29, 0.717) is 5.56 Å². The van der Waals surface area contributed by atoms with E-state index in [9.17, 15) is 0 Å². The molecule has 49 heavy (non-hydrogen) atoms. The van der Waals surface area contributed by atoms with Gasteiger partial charge in [-0.25, -0.2) is 4.98 Å². The van der Waals surface area contributed by atoms with Gasteiger partial charge in [0, 0.05) is 16.3 Å². The summed E-state index contributed by atoms with van der Waals surface area (Å²) in [6, 6.07) is 43.4. The summed E-state index contributed by atoms with van der Waals surface area (Å²) in [6.45, 7) is 2.03. The van der Waals surface area contributed by atoms with Crippen molar-refractivity contribution in [3.8, 4) is 39.1 Å². The van der Waals surface area contributed by atoms with Gasteiger partial charge in [0.25, 0.3) is 0 Å². The third-order valence-corrected chi connectivity index (χ3v) is 9.63. The van der Waals surface area contributed by atoms with E-state index < -0.39 is 6.04 Å². The van der Waals surface area contributed by atoms with E-state index in [1.54, 1.807) is 0 Å². The largest absolute Gasteiger partial charge is 0.456 e. The topological polar surface area (TPSA) is 31.0 Å². The van der Waals surface area contributed by atoms with Crippen LogP contribution in [0.4, 0.5) is 0 Å². The molecule has 0 aliphatic rings. The molecule has 10 aromatic rings. The summed E-state index contributed by atoms with van der Waals surface area (Å²) in [6.07, 6.45) is 0. The molecule has 0 atom stereocenters. The van der Waals surface area contributed by atoms with Crippen LogP contribution in [0.2, 0.25) is 0 Å². The predicted molar refractivity (Wildman–Crippen MR) is 204 cm³/mol. The van der Waals surface area contributed by atoms with Crippen molar-refractivity contribution in [2.24, 2.45) is 0 Å². The molecule has 3 nitrogen and oxygen atoms in total. The van der Waals surface area contributed by atoms with Crippen LogP contribution >= 0.6 is 0 Å². The summed E-state index contributed by atoms with van der Waals surface area (Å²) < 4.78 is 51.5. The monoisotopic (exact) mass is 631 g/mol. The summed E-state index contributed by atoms with van der Waals surface area (Å²) in [5.41, 5.74) is 9.16. The van der Waals surface area contributed by atoms with Crippen molar-refractivity contribution in [1.82, 2.24) is 9.55 Å². The smallest absolute Gasteiger partial charge is 0.136 e. The van der Waals surface area contributed by atoms with Gasteiger partial charge in [-0.2, -0.15) is 0 Å². The lowest BCUT2D eigenvalue weighted by molar-refractivity contribution is 0.669. The van der Waals surface area contributed by atoms with Crippen molar-refractivity contribution in [3.05, 3.63) is 169 Å². The molecule has 8 aromatic carbocycles. The van der Waals surface area contributed by atoms with E-state index in [1.165, 1.54) is 0 Å². The van der Waals surface area contributed by atoms with Gasteiger partial charge in [0.1, 0.15) is 17.0 Å². The SMILES string of the molecule is [2H]c1c([2H])c([2H])c(-c2ccc3c(-c4ccccc4-n4c(C)nc5ccccc54)c4ccccc4c(-c4cccc5oc6ccccc6c45)c3c2)c([2H])c1[2H]. The van der Waals surface area contributed by atoms with Gasteiger partial charge in [-0.3, -0.25) is 4.57 Å². The van der Waals surface area contributed by atoms with E-state index in [1.807, 2.05) is 85.8 Å². The summed E-state index contributed by atoms with van der Waals surface area (Å²) in [5, 5.41) is 5.89. The zero-order valence-corrected chi connectivity index (χ0v) is 26.5. The third-order valence-electron chi connectivity index (χ3n) is 9.63. The zero-order chi connectivity index (χ0) is 36.8. The first-order valence-corrected chi connectivity index (χ1v) is 16.3. The van der Waals surface area contributed by atoms with Crippen molar-refractivity contribution < 1.29 is 11.3 Å². The first-order chi connectivity index (χ1) is 26.3. The van der Waals surface area contributed by atoms with Crippen molar-refractivity contribution >= 4 is 54.5 Å². The zero-order valence-electron chi connectivity index (χ0n) is 31.5. The minimum Gasteiger partial charge on any atom is -0.456 e. The average molecular weight is 632 g/mol. The van der Waals surface area contributed by atoms with Gasteiger partial charge in [-0.05, 0) is 92.7 Å². The normalized spacial score (nSPS) is 13.2. The first-order valence-electron chi connectivity index (χ1n) is 18.8. The fourth-order valence-corrected chi connectivity index (χ4v) is 7.62. The Labute approximate surface area is 290 Å². The van der Waals surface area contributed by atoms with Crippen LogP contribution in [0.3, 0.4) is 0 Å². The summed E-state index contributed by atoms with van der Waals surface area (Å²) in [4.78, 5) is 4.91. The summed E-state index contributed by atoms with van der Waals surface area (Å²) >= 11 is 0. The number of benzene rings is 8. The molecule has 0 aliphatic heterocycles. The van der Waals surface area contributed by atoms with Crippen LogP contribution in [0.5, 0.6) is 0 Å². The van der Waals surface area contributed by atoms with E-state index in [0.717, 1.165) is 88.3 Å². The lowest BCUT2D eigenvalue weighted by Crippen LogP contribution is -2.01. The lowest BCUT2D eigenvalue weighted by Gasteiger charge is -2.21. The number of nitrogens with zero attached hydrogens (tertiary/aromatic N) is 2. The van der Waals surface area contributed by atoms with E-state index in [-0.39, 0.29) is 29.7 Å². The number of fused-ring (bicyclic) bond motifs is 6. The number of aromatic nitrogens is 2. The standard InChI is InChI=1S/C46H30N2O/c1-29-47-39-21-9-11-23-41(39)48(29)40-22-10-7-18-35(40)44-32-16-5-6-17-33(32)45(38-28-31(26-27-34(38)44)30-14-3-2-4-15-30)37-20-13-25-43-46(37)36-19-8-12-24-42(36)49-43/h2-28H,1H3/i2D,3D,4D,14D,15D.